The van der Waals surface area contributed by atoms with Crippen molar-refractivity contribution in [2.24, 2.45) is 5.73 Å². The number of nitrogens with zero attached hydrogens (tertiary/aromatic N) is 1. The van der Waals surface area contributed by atoms with E-state index in [1.54, 1.807) is 0 Å². The molecule has 0 spiro atoms. The molecule has 138 valence electrons. The number of amides is 2. The number of urea groups is 1. The average molecular weight is 409 g/mol. The first-order valence-corrected chi connectivity index (χ1v) is 10.3. The number of halogens is 1. The summed E-state index contributed by atoms with van der Waals surface area (Å²) in [4.78, 5) is 38.9. The van der Waals surface area contributed by atoms with E-state index in [9.17, 15) is 18.3 Å². The molecular formula is C8H14FN3O9P2S. The van der Waals surface area contributed by atoms with E-state index < -0.39 is 52.3 Å². The van der Waals surface area contributed by atoms with Crippen molar-refractivity contribution in [1.82, 2.24) is 10.2 Å². The van der Waals surface area contributed by atoms with E-state index in [1.165, 1.54) is 0 Å². The van der Waals surface area contributed by atoms with E-state index in [1.807, 2.05) is 0 Å². The first-order chi connectivity index (χ1) is 11.0. The summed E-state index contributed by atoms with van der Waals surface area (Å²) in [5.41, 5.74) is 4.41. The van der Waals surface area contributed by atoms with Gasteiger partial charge in [0.15, 0.2) is 5.83 Å². The Hall–Kier alpha value is -0.690. The van der Waals surface area contributed by atoms with Gasteiger partial charge in [-0.3, -0.25) is 14.7 Å². The Kier molecular flexibility index (Phi) is 5.95. The molecule has 6 N–H and O–H groups in total. The van der Waals surface area contributed by atoms with Crippen LogP contribution in [0.5, 0.6) is 0 Å². The lowest BCUT2D eigenvalue weighted by Gasteiger charge is -2.31. The van der Waals surface area contributed by atoms with Gasteiger partial charge in [-0.1, -0.05) is 0 Å². The molecule has 1 fully saturated rings. The van der Waals surface area contributed by atoms with Crippen LogP contribution in [0, 0.1) is 0 Å². The maximum Gasteiger partial charge on any atom is 0.481 e. The summed E-state index contributed by atoms with van der Waals surface area (Å²) < 4.78 is 48.7. The van der Waals surface area contributed by atoms with Crippen LogP contribution in [0.4, 0.5) is 9.18 Å². The van der Waals surface area contributed by atoms with Crippen molar-refractivity contribution >= 4 is 33.4 Å². The molecule has 2 aliphatic heterocycles. The van der Waals surface area contributed by atoms with Gasteiger partial charge in [0, 0.05) is 5.75 Å². The molecule has 1 unspecified atom stereocenters. The van der Waals surface area contributed by atoms with Crippen molar-refractivity contribution in [1.29, 1.82) is 0 Å². The Morgan fingerprint density at radius 2 is 2.12 bits per heavy atom. The predicted octanol–water partition coefficient (Wildman–Crippen LogP) is -0.249. The Bertz CT molecular complexity index is 642. The molecule has 12 nitrogen and oxygen atoms in total. The zero-order chi connectivity index (χ0) is 18.1. The zero-order valence-corrected chi connectivity index (χ0v) is 14.4. The van der Waals surface area contributed by atoms with Crippen molar-refractivity contribution < 1.29 is 46.6 Å². The standard InChI is InChI=1S/C8H14FN3O9P2S/c9-4-1-12(8(13)11-7(4)10)5-3-24-6(20-5)2-19-23(17,18)21-22(14,15)16/h5-6H,1-3,10H2,(H,11,13)(H,17,18)(H2,14,15,16)/t5-,6+/m0/s1. The molecule has 16 heteroatoms. The number of carbonyl (C=O) groups excluding carboxylic acids is 1. The first kappa shape index (κ1) is 19.6. The second kappa shape index (κ2) is 7.28. The highest BCUT2D eigenvalue weighted by Crippen LogP contribution is 2.57. The van der Waals surface area contributed by atoms with Crippen LogP contribution in [0.1, 0.15) is 0 Å². The summed E-state index contributed by atoms with van der Waals surface area (Å²) in [6.07, 6.45) is -0.844. The van der Waals surface area contributed by atoms with E-state index >= 15 is 0 Å². The summed E-state index contributed by atoms with van der Waals surface area (Å²) in [7, 11) is -10.2. The Balaban J connectivity index is 1.87. The van der Waals surface area contributed by atoms with Gasteiger partial charge in [0.1, 0.15) is 17.5 Å². The number of hydrogen-bond donors (Lipinski definition) is 5. The van der Waals surface area contributed by atoms with Crippen LogP contribution in [0.2, 0.25) is 0 Å². The highest BCUT2D eigenvalue weighted by atomic mass is 32.2. The number of phosphoric ester groups is 1. The number of phosphoric acid groups is 2. The maximum atomic E-state index is 13.5. The van der Waals surface area contributed by atoms with Gasteiger partial charge in [0.25, 0.3) is 0 Å². The minimum Gasteiger partial charge on any atom is -0.383 e. The highest BCUT2D eigenvalue weighted by molar-refractivity contribution is 8.00. The van der Waals surface area contributed by atoms with Crippen molar-refractivity contribution in [3.05, 3.63) is 11.6 Å². The van der Waals surface area contributed by atoms with Gasteiger partial charge in [-0.15, -0.1) is 11.8 Å². The minimum atomic E-state index is -5.21. The fraction of sp³-hybridized carbons (Fsp3) is 0.625. The van der Waals surface area contributed by atoms with E-state index in [-0.39, 0.29) is 11.6 Å². The van der Waals surface area contributed by atoms with Gasteiger partial charge in [-0.2, -0.15) is 4.31 Å². The molecule has 0 aromatic heterocycles. The van der Waals surface area contributed by atoms with Gasteiger partial charge in [0.2, 0.25) is 0 Å². The van der Waals surface area contributed by atoms with E-state index in [4.69, 9.17) is 25.2 Å². The van der Waals surface area contributed by atoms with Gasteiger partial charge in [-0.05, 0) is 0 Å². The van der Waals surface area contributed by atoms with Gasteiger partial charge in [0.05, 0.1) is 13.2 Å². The number of hydrogen-bond acceptors (Lipinski definition) is 8. The van der Waals surface area contributed by atoms with Crippen LogP contribution in [0.3, 0.4) is 0 Å². The van der Waals surface area contributed by atoms with Crippen LogP contribution < -0.4 is 11.1 Å². The SMILES string of the molecule is NC1=C(F)CN([C@@H]2CS[C@H](COP(=O)(O)OP(=O)(O)O)O2)C(=O)N1. The van der Waals surface area contributed by atoms with Crippen molar-refractivity contribution in [2.45, 2.75) is 11.7 Å². The summed E-state index contributed by atoms with van der Waals surface area (Å²) >= 11 is 1.09. The van der Waals surface area contributed by atoms with Crippen LogP contribution in [0.25, 0.3) is 0 Å². The fourth-order valence-electron chi connectivity index (χ4n) is 1.80. The molecule has 0 bridgehead atoms. The molecule has 0 aromatic carbocycles. The summed E-state index contributed by atoms with van der Waals surface area (Å²) in [5, 5.41) is 2.11. The Morgan fingerprint density at radius 3 is 2.75 bits per heavy atom. The lowest BCUT2D eigenvalue weighted by molar-refractivity contribution is -0.0362. The molecule has 2 aliphatic rings. The molecule has 1 saturated heterocycles. The monoisotopic (exact) mass is 409 g/mol. The summed E-state index contributed by atoms with van der Waals surface area (Å²) in [5.74, 6) is -0.903. The third-order valence-corrected chi connectivity index (χ3v) is 6.02. The largest absolute Gasteiger partial charge is 0.481 e. The van der Waals surface area contributed by atoms with Crippen molar-refractivity contribution in [3.63, 3.8) is 0 Å². The van der Waals surface area contributed by atoms with Crippen molar-refractivity contribution in [3.8, 4) is 0 Å². The van der Waals surface area contributed by atoms with Crippen LogP contribution in [0.15, 0.2) is 11.6 Å². The molecule has 0 aromatic rings. The molecule has 2 amide bonds. The van der Waals surface area contributed by atoms with Gasteiger partial charge in [-0.25, -0.2) is 18.3 Å². The smallest absolute Gasteiger partial charge is 0.383 e. The third-order valence-electron chi connectivity index (χ3n) is 2.77. The number of thioether (sulfide) groups is 1. The second-order valence-electron chi connectivity index (χ2n) is 4.57. The maximum absolute atomic E-state index is 13.5. The molecular weight excluding hydrogens is 395 g/mol. The predicted molar refractivity (Wildman–Crippen MR) is 77.6 cm³/mol. The normalized spacial score (nSPS) is 28.0. The average Bonchev–Trinajstić information content (AvgIpc) is 2.87. The lowest BCUT2D eigenvalue weighted by Crippen LogP contribution is -2.52. The zero-order valence-electron chi connectivity index (χ0n) is 11.8. The van der Waals surface area contributed by atoms with Crippen LogP contribution in [-0.4, -0.2) is 56.2 Å². The van der Waals surface area contributed by atoms with E-state index in [2.05, 4.69) is 14.2 Å². The van der Waals surface area contributed by atoms with E-state index in [0.717, 1.165) is 16.7 Å². The molecule has 0 aliphatic carbocycles. The number of ether oxygens (including phenoxy) is 1. The first-order valence-electron chi connectivity index (χ1n) is 6.20. The number of carbonyl (C=O) groups is 1. The second-order valence-corrected chi connectivity index (χ2v) is 8.59. The fourth-order valence-corrected chi connectivity index (χ4v) is 4.50. The molecule has 24 heavy (non-hydrogen) atoms. The number of nitrogens with two attached hydrogens (primary N) is 1. The quantitative estimate of drug-likeness (QED) is 0.365. The molecule has 0 radical (unpaired) electrons. The van der Waals surface area contributed by atoms with Crippen LogP contribution in [-0.2, 0) is 22.7 Å². The lowest BCUT2D eigenvalue weighted by atomic mass is 10.3. The Morgan fingerprint density at radius 1 is 1.46 bits per heavy atom. The van der Waals surface area contributed by atoms with Crippen LogP contribution >= 0.6 is 27.4 Å². The molecule has 0 saturated carbocycles. The van der Waals surface area contributed by atoms with Gasteiger partial charge < -0.3 is 25.2 Å². The molecule has 2 heterocycles. The number of rotatable bonds is 6. The molecule has 3 atom stereocenters. The van der Waals surface area contributed by atoms with Crippen molar-refractivity contribution in [2.75, 3.05) is 18.9 Å². The number of nitrogens with one attached hydrogen (secondary N) is 1. The molecule has 2 rings (SSSR count). The summed E-state index contributed by atoms with van der Waals surface area (Å²) in [6, 6.07) is -0.668. The summed E-state index contributed by atoms with van der Waals surface area (Å²) in [6.45, 7) is -0.943. The van der Waals surface area contributed by atoms with E-state index in [0.29, 0.717) is 0 Å². The minimum absolute atomic E-state index is 0.212. The highest BCUT2D eigenvalue weighted by Gasteiger charge is 2.39. The van der Waals surface area contributed by atoms with Gasteiger partial charge >= 0.3 is 21.7 Å². The third kappa shape index (κ3) is 5.41. The Labute approximate surface area is 139 Å². The topological polar surface area (TPSA) is 181 Å².